The first-order valence-corrected chi connectivity index (χ1v) is 11.1. The second kappa shape index (κ2) is 6.89. The first-order chi connectivity index (χ1) is 14.7. The lowest BCUT2D eigenvalue weighted by Gasteiger charge is -2.56. The van der Waals surface area contributed by atoms with Crippen LogP contribution in [0.25, 0.3) is 5.52 Å². The highest BCUT2D eigenvalue weighted by Gasteiger charge is 2.50. The molecule has 4 fully saturated rings. The Bertz CT molecular complexity index is 1040. The zero-order valence-corrected chi connectivity index (χ0v) is 17.0. The van der Waals surface area contributed by atoms with E-state index in [2.05, 4.69) is 31.0 Å². The number of rotatable bonds is 6. The topological polar surface area (TPSA) is 101 Å². The number of aryl methyl sites for hydroxylation is 2. The summed E-state index contributed by atoms with van der Waals surface area (Å²) in [4.78, 5) is 13.1. The fourth-order valence-corrected chi connectivity index (χ4v) is 6.78. The minimum atomic E-state index is 0.0148. The third-order valence-corrected chi connectivity index (χ3v) is 7.58. The Morgan fingerprint density at radius 2 is 1.93 bits per heavy atom. The van der Waals surface area contributed by atoms with E-state index in [0.717, 1.165) is 35.5 Å². The Morgan fingerprint density at radius 3 is 2.63 bits per heavy atom. The molecule has 4 saturated carbocycles. The van der Waals surface area contributed by atoms with Crippen LogP contribution >= 0.6 is 0 Å². The molecular formula is C22H27N7O. The number of hydrogen-bond donors (Lipinski definition) is 2. The van der Waals surface area contributed by atoms with E-state index >= 15 is 0 Å². The van der Waals surface area contributed by atoms with Gasteiger partial charge in [-0.2, -0.15) is 10.3 Å². The van der Waals surface area contributed by atoms with Crippen molar-refractivity contribution in [3.8, 4) is 0 Å². The Kier molecular flexibility index (Phi) is 4.14. The van der Waals surface area contributed by atoms with Crippen molar-refractivity contribution in [3.63, 3.8) is 0 Å². The average Bonchev–Trinajstić information content (AvgIpc) is 3.38. The molecule has 0 aromatic carbocycles. The highest BCUT2D eigenvalue weighted by Crippen LogP contribution is 2.59. The van der Waals surface area contributed by atoms with E-state index in [0.29, 0.717) is 29.6 Å². The van der Waals surface area contributed by atoms with Gasteiger partial charge >= 0.3 is 0 Å². The summed E-state index contributed by atoms with van der Waals surface area (Å²) in [5.41, 5.74) is 2.80. The van der Waals surface area contributed by atoms with Gasteiger partial charge in [0.15, 0.2) is 5.82 Å². The zero-order chi connectivity index (χ0) is 20.1. The second-order valence-corrected chi connectivity index (χ2v) is 9.82. The molecule has 0 radical (unpaired) electrons. The Balaban J connectivity index is 1.17. The molecule has 8 nitrogen and oxygen atoms in total. The van der Waals surface area contributed by atoms with Crippen LogP contribution in [0, 0.1) is 23.2 Å². The number of pyridine rings is 1. The number of tetrazole rings is 1. The first kappa shape index (κ1) is 18.0. The summed E-state index contributed by atoms with van der Waals surface area (Å²) in [6, 6.07) is 5.79. The van der Waals surface area contributed by atoms with Crippen molar-refractivity contribution in [2.75, 3.05) is 6.54 Å². The maximum Gasteiger partial charge on any atom is 0.253 e. The van der Waals surface area contributed by atoms with Crippen LogP contribution in [0.4, 0.5) is 0 Å². The van der Waals surface area contributed by atoms with Crippen LogP contribution in [0.3, 0.4) is 0 Å². The van der Waals surface area contributed by atoms with E-state index in [1.54, 1.807) is 4.52 Å². The van der Waals surface area contributed by atoms with E-state index in [9.17, 15) is 4.79 Å². The molecule has 4 aliphatic carbocycles. The molecule has 2 N–H and O–H groups in total. The fourth-order valence-electron chi connectivity index (χ4n) is 6.78. The minimum absolute atomic E-state index is 0.0148. The summed E-state index contributed by atoms with van der Waals surface area (Å²) >= 11 is 0. The van der Waals surface area contributed by atoms with Crippen molar-refractivity contribution in [1.29, 1.82) is 0 Å². The zero-order valence-electron chi connectivity index (χ0n) is 17.0. The van der Waals surface area contributed by atoms with Crippen molar-refractivity contribution in [1.82, 2.24) is 35.6 Å². The van der Waals surface area contributed by atoms with Gasteiger partial charge < -0.3 is 5.32 Å². The van der Waals surface area contributed by atoms with E-state index in [1.807, 2.05) is 24.4 Å². The summed E-state index contributed by atoms with van der Waals surface area (Å²) in [6.45, 7) is 0.815. The van der Waals surface area contributed by atoms with Crippen LogP contribution in [-0.4, -0.2) is 42.7 Å². The molecule has 0 unspecified atom stereocenters. The third kappa shape index (κ3) is 3.18. The minimum Gasteiger partial charge on any atom is -0.351 e. The average molecular weight is 406 g/mol. The maximum absolute atomic E-state index is 13.1. The molecule has 3 aromatic heterocycles. The van der Waals surface area contributed by atoms with Gasteiger partial charge in [0.05, 0.1) is 16.8 Å². The fraction of sp³-hybridized carbons (Fsp3) is 0.591. The summed E-state index contributed by atoms with van der Waals surface area (Å²) < 4.78 is 1.80. The van der Waals surface area contributed by atoms with Crippen LogP contribution < -0.4 is 5.32 Å². The van der Waals surface area contributed by atoms with Crippen LogP contribution in [0.2, 0.25) is 0 Å². The molecule has 156 valence electrons. The van der Waals surface area contributed by atoms with Crippen molar-refractivity contribution in [2.45, 2.75) is 51.4 Å². The van der Waals surface area contributed by atoms with Crippen LogP contribution in [0.5, 0.6) is 0 Å². The Labute approximate surface area is 174 Å². The molecule has 1 amide bonds. The number of amides is 1. The van der Waals surface area contributed by atoms with Gasteiger partial charge in [0, 0.05) is 19.2 Å². The number of aromatic nitrogens is 6. The largest absolute Gasteiger partial charge is 0.351 e. The highest BCUT2D eigenvalue weighted by molar-refractivity contribution is 6.00. The van der Waals surface area contributed by atoms with Crippen molar-refractivity contribution < 1.29 is 4.79 Å². The molecule has 3 heterocycles. The lowest BCUT2D eigenvalue weighted by atomic mass is 9.49. The highest BCUT2D eigenvalue weighted by atomic mass is 16.1. The summed E-state index contributed by atoms with van der Waals surface area (Å²) in [7, 11) is 0. The summed E-state index contributed by atoms with van der Waals surface area (Å²) in [6.07, 6.45) is 11.4. The van der Waals surface area contributed by atoms with E-state index in [-0.39, 0.29) is 5.91 Å². The van der Waals surface area contributed by atoms with Crippen molar-refractivity contribution in [3.05, 3.63) is 41.5 Å². The predicted octanol–water partition coefficient (Wildman–Crippen LogP) is 2.58. The number of nitrogens with one attached hydrogen (secondary N) is 2. The van der Waals surface area contributed by atoms with E-state index in [4.69, 9.17) is 0 Å². The Morgan fingerprint density at radius 1 is 1.17 bits per heavy atom. The van der Waals surface area contributed by atoms with E-state index < -0.39 is 0 Å². The second-order valence-electron chi connectivity index (χ2n) is 9.82. The van der Waals surface area contributed by atoms with Gasteiger partial charge in [0.1, 0.15) is 0 Å². The number of nitrogens with zero attached hydrogens (tertiary/aromatic N) is 5. The summed E-state index contributed by atoms with van der Waals surface area (Å²) in [5, 5.41) is 21.9. The summed E-state index contributed by atoms with van der Waals surface area (Å²) in [5.74, 6) is 3.37. The monoisotopic (exact) mass is 405 g/mol. The third-order valence-electron chi connectivity index (χ3n) is 7.58. The van der Waals surface area contributed by atoms with Gasteiger partial charge in [-0.05, 0) is 86.3 Å². The molecule has 7 rings (SSSR count). The molecule has 30 heavy (non-hydrogen) atoms. The number of hydrogen-bond acceptors (Lipinski definition) is 5. The number of carbonyl (C=O) groups is 1. The van der Waals surface area contributed by atoms with Crippen molar-refractivity contribution >= 4 is 11.4 Å². The van der Waals surface area contributed by atoms with Gasteiger partial charge in [0.25, 0.3) is 5.91 Å². The van der Waals surface area contributed by atoms with E-state index in [1.165, 1.54) is 38.5 Å². The standard InChI is InChI=1S/C22H27N7O/c30-21(23-13-22-10-14-6-15(11-22)8-16(7-14)12-22)18-2-1-5-29-19(18)9-17(26-29)3-4-20-24-27-28-25-20/h1-2,5,9,14-16H,3-4,6-8,10-13H2,(H,23,30)(H,24,25,27,28). The molecule has 4 aliphatic rings. The molecule has 0 spiro atoms. The molecule has 0 aliphatic heterocycles. The van der Waals surface area contributed by atoms with Gasteiger partial charge in [-0.1, -0.05) is 5.21 Å². The van der Waals surface area contributed by atoms with Gasteiger partial charge in [0.2, 0.25) is 0 Å². The van der Waals surface area contributed by atoms with Crippen LogP contribution in [-0.2, 0) is 12.8 Å². The molecule has 4 bridgehead atoms. The normalized spacial score (nSPS) is 29.5. The lowest BCUT2D eigenvalue weighted by molar-refractivity contribution is -0.0503. The van der Waals surface area contributed by atoms with Gasteiger partial charge in [-0.15, -0.1) is 10.2 Å². The molecule has 3 aromatic rings. The number of fused-ring (bicyclic) bond motifs is 1. The molecule has 0 atom stereocenters. The Hall–Kier alpha value is -2.77. The molecular weight excluding hydrogens is 378 g/mol. The van der Waals surface area contributed by atoms with Crippen LogP contribution in [0.15, 0.2) is 24.4 Å². The lowest BCUT2D eigenvalue weighted by Crippen LogP contribution is -2.51. The van der Waals surface area contributed by atoms with Crippen LogP contribution in [0.1, 0.15) is 60.4 Å². The number of carbonyl (C=O) groups excluding carboxylic acids is 1. The number of H-pyrrole nitrogens is 1. The molecule has 0 saturated heterocycles. The SMILES string of the molecule is O=C(NCC12CC3CC(CC(C3)C1)C2)c1cccn2nc(CCc3nn[nH]n3)cc12. The van der Waals surface area contributed by atoms with Gasteiger partial charge in [-0.3, -0.25) is 4.79 Å². The van der Waals surface area contributed by atoms with Gasteiger partial charge in [-0.25, -0.2) is 4.52 Å². The van der Waals surface area contributed by atoms with Crippen molar-refractivity contribution in [2.24, 2.45) is 23.2 Å². The number of aromatic amines is 1. The predicted molar refractivity (Wildman–Crippen MR) is 110 cm³/mol. The maximum atomic E-state index is 13.1. The first-order valence-electron chi connectivity index (χ1n) is 11.1. The smallest absolute Gasteiger partial charge is 0.253 e. The quantitative estimate of drug-likeness (QED) is 0.656. The molecule has 8 heteroatoms.